The quantitative estimate of drug-likeness (QED) is 0.435. The van der Waals surface area contributed by atoms with Crippen LogP contribution in [0, 0.1) is 0 Å². The minimum absolute atomic E-state index is 0.103. The van der Waals surface area contributed by atoms with Gasteiger partial charge < -0.3 is 9.32 Å². The predicted molar refractivity (Wildman–Crippen MR) is 115 cm³/mol. The average Bonchev–Trinajstić information content (AvgIpc) is 3.24. The molecule has 0 saturated heterocycles. The first-order valence-electron chi connectivity index (χ1n) is 9.92. The van der Waals surface area contributed by atoms with Gasteiger partial charge in [-0.2, -0.15) is 0 Å². The van der Waals surface area contributed by atoms with E-state index >= 15 is 0 Å². The van der Waals surface area contributed by atoms with Gasteiger partial charge in [-0.1, -0.05) is 54.6 Å². The molecule has 0 spiro atoms. The monoisotopic (exact) mass is 385 g/mol. The lowest BCUT2D eigenvalue weighted by molar-refractivity contribution is -0.118. The summed E-state index contributed by atoms with van der Waals surface area (Å²) in [5, 5.41) is 10.4. The van der Waals surface area contributed by atoms with Crippen LogP contribution in [0.25, 0.3) is 22.2 Å². The van der Waals surface area contributed by atoms with Crippen LogP contribution < -0.4 is 4.90 Å². The fourth-order valence-electron chi connectivity index (χ4n) is 3.50. The molecule has 0 atom stereocenters. The van der Waals surface area contributed by atoms with Crippen molar-refractivity contribution in [3.63, 3.8) is 0 Å². The molecule has 5 nitrogen and oxygen atoms in total. The van der Waals surface area contributed by atoms with Crippen LogP contribution in [0.2, 0.25) is 0 Å². The van der Waals surface area contributed by atoms with Crippen LogP contribution in [0.3, 0.4) is 0 Å². The fourth-order valence-corrected chi connectivity index (χ4v) is 3.50. The van der Waals surface area contributed by atoms with Crippen LogP contribution in [-0.2, 0) is 11.2 Å². The molecule has 1 heterocycles. The highest BCUT2D eigenvalue weighted by molar-refractivity contribution is 6.03. The summed E-state index contributed by atoms with van der Waals surface area (Å²) in [7, 11) is 0. The van der Waals surface area contributed by atoms with E-state index in [4.69, 9.17) is 4.42 Å². The van der Waals surface area contributed by atoms with Crippen LogP contribution in [0.15, 0.2) is 77.2 Å². The van der Waals surface area contributed by atoms with E-state index in [1.807, 2.05) is 66.4 Å². The number of aromatic nitrogens is 2. The van der Waals surface area contributed by atoms with Gasteiger partial charge in [0.25, 0.3) is 0 Å². The molecule has 0 aliphatic heterocycles. The molecule has 0 saturated carbocycles. The molecule has 0 aliphatic rings. The maximum Gasteiger partial charge on any atom is 0.247 e. The van der Waals surface area contributed by atoms with E-state index in [1.165, 1.54) is 0 Å². The number of aryl methyl sites for hydroxylation is 1. The highest BCUT2D eigenvalue weighted by Gasteiger charge is 2.16. The molecule has 0 unspecified atom stereocenters. The van der Waals surface area contributed by atoms with E-state index in [2.05, 4.69) is 28.4 Å². The lowest BCUT2D eigenvalue weighted by Gasteiger charge is -2.22. The van der Waals surface area contributed by atoms with Gasteiger partial charge in [-0.05, 0) is 36.9 Å². The number of rotatable bonds is 7. The third kappa shape index (κ3) is 4.19. The van der Waals surface area contributed by atoms with Gasteiger partial charge in [-0.3, -0.25) is 4.79 Å². The summed E-state index contributed by atoms with van der Waals surface area (Å²) < 4.78 is 5.73. The van der Waals surface area contributed by atoms with Crippen molar-refractivity contribution in [1.82, 2.24) is 10.2 Å². The Kier molecular flexibility index (Phi) is 5.66. The SMILES string of the molecule is CCN(C(=O)CCCc1nnc(-c2ccccc2)o1)c1cccc2ccccc12. The molecule has 4 rings (SSSR count). The van der Waals surface area contributed by atoms with Crippen LogP contribution >= 0.6 is 0 Å². The lowest BCUT2D eigenvalue weighted by atomic mass is 10.1. The van der Waals surface area contributed by atoms with E-state index < -0.39 is 0 Å². The molecular weight excluding hydrogens is 362 g/mol. The molecule has 3 aromatic carbocycles. The Hall–Kier alpha value is -3.47. The third-order valence-corrected chi connectivity index (χ3v) is 4.94. The maximum absolute atomic E-state index is 12.9. The first-order chi connectivity index (χ1) is 14.3. The minimum Gasteiger partial charge on any atom is -0.421 e. The van der Waals surface area contributed by atoms with Crippen molar-refractivity contribution >= 4 is 22.4 Å². The Morgan fingerprint density at radius 1 is 0.931 bits per heavy atom. The molecule has 1 aromatic heterocycles. The summed E-state index contributed by atoms with van der Waals surface area (Å²) in [6.07, 6.45) is 1.68. The van der Waals surface area contributed by atoms with Crippen molar-refractivity contribution < 1.29 is 9.21 Å². The Labute approximate surface area is 170 Å². The summed E-state index contributed by atoms with van der Waals surface area (Å²) in [6, 6.07) is 23.9. The van der Waals surface area contributed by atoms with E-state index in [0.29, 0.717) is 37.6 Å². The summed E-state index contributed by atoms with van der Waals surface area (Å²) in [6.45, 7) is 2.63. The van der Waals surface area contributed by atoms with Crippen LogP contribution in [0.4, 0.5) is 5.69 Å². The average molecular weight is 385 g/mol. The summed E-state index contributed by atoms with van der Waals surface area (Å²) >= 11 is 0. The number of carbonyl (C=O) groups excluding carboxylic acids is 1. The van der Waals surface area contributed by atoms with Crippen LogP contribution in [-0.4, -0.2) is 22.6 Å². The summed E-state index contributed by atoms with van der Waals surface area (Å²) in [5.74, 6) is 1.18. The number of amides is 1. The highest BCUT2D eigenvalue weighted by atomic mass is 16.4. The van der Waals surface area contributed by atoms with E-state index in [-0.39, 0.29) is 5.91 Å². The third-order valence-electron chi connectivity index (χ3n) is 4.94. The predicted octanol–water partition coefficient (Wildman–Crippen LogP) is 5.27. The molecule has 0 fully saturated rings. The molecule has 5 heteroatoms. The largest absolute Gasteiger partial charge is 0.421 e. The molecule has 0 bridgehead atoms. The van der Waals surface area contributed by atoms with Crippen molar-refractivity contribution in [3.8, 4) is 11.5 Å². The Morgan fingerprint density at radius 3 is 2.52 bits per heavy atom. The molecule has 146 valence electrons. The van der Waals surface area contributed by atoms with Gasteiger partial charge in [-0.25, -0.2) is 0 Å². The molecule has 1 amide bonds. The maximum atomic E-state index is 12.9. The van der Waals surface area contributed by atoms with Crippen LogP contribution in [0.5, 0.6) is 0 Å². The number of nitrogens with zero attached hydrogens (tertiary/aromatic N) is 3. The summed E-state index contributed by atoms with van der Waals surface area (Å²) in [4.78, 5) is 14.7. The second-order valence-corrected chi connectivity index (χ2v) is 6.86. The Morgan fingerprint density at radius 2 is 1.69 bits per heavy atom. The number of carbonyl (C=O) groups is 1. The molecular formula is C24H23N3O2. The van der Waals surface area contributed by atoms with Crippen molar-refractivity contribution in [3.05, 3.63) is 78.7 Å². The van der Waals surface area contributed by atoms with Crippen molar-refractivity contribution in [1.29, 1.82) is 0 Å². The van der Waals surface area contributed by atoms with E-state index in [1.54, 1.807) is 0 Å². The number of fused-ring (bicyclic) bond motifs is 1. The topological polar surface area (TPSA) is 59.2 Å². The molecule has 0 aliphatic carbocycles. The van der Waals surface area contributed by atoms with Crippen molar-refractivity contribution in [2.24, 2.45) is 0 Å². The first-order valence-corrected chi connectivity index (χ1v) is 9.92. The van der Waals surface area contributed by atoms with Gasteiger partial charge in [0.05, 0.1) is 5.69 Å². The standard InChI is InChI=1S/C24H23N3O2/c1-2-27(21-15-8-13-18-10-6-7-14-20(18)21)23(28)17-9-16-22-25-26-24(29-22)19-11-4-3-5-12-19/h3-8,10-15H,2,9,16-17H2,1H3. The molecule has 0 N–H and O–H groups in total. The van der Waals surface area contributed by atoms with Gasteiger partial charge in [0.1, 0.15) is 0 Å². The van der Waals surface area contributed by atoms with Gasteiger partial charge in [0.15, 0.2) is 0 Å². The molecule has 0 radical (unpaired) electrons. The first kappa shape index (κ1) is 18.9. The minimum atomic E-state index is 0.103. The zero-order valence-electron chi connectivity index (χ0n) is 16.4. The normalized spacial score (nSPS) is 10.9. The molecule has 29 heavy (non-hydrogen) atoms. The van der Waals surface area contributed by atoms with E-state index in [0.717, 1.165) is 22.0 Å². The van der Waals surface area contributed by atoms with Gasteiger partial charge in [0.2, 0.25) is 17.7 Å². The fraction of sp³-hybridized carbons (Fsp3) is 0.208. The number of hydrogen-bond donors (Lipinski definition) is 0. The van der Waals surface area contributed by atoms with Gasteiger partial charge >= 0.3 is 0 Å². The second kappa shape index (κ2) is 8.69. The zero-order valence-corrected chi connectivity index (χ0v) is 16.4. The lowest BCUT2D eigenvalue weighted by Crippen LogP contribution is -2.30. The number of hydrogen-bond acceptors (Lipinski definition) is 4. The van der Waals surface area contributed by atoms with Gasteiger partial charge in [0, 0.05) is 30.3 Å². The Balaban J connectivity index is 1.40. The summed E-state index contributed by atoms with van der Waals surface area (Å²) in [5.41, 5.74) is 1.86. The van der Waals surface area contributed by atoms with E-state index in [9.17, 15) is 4.79 Å². The number of benzene rings is 3. The zero-order chi connectivity index (χ0) is 20.1. The van der Waals surface area contributed by atoms with Crippen molar-refractivity contribution in [2.75, 3.05) is 11.4 Å². The van der Waals surface area contributed by atoms with Crippen LogP contribution in [0.1, 0.15) is 25.7 Å². The Bertz CT molecular complexity index is 1100. The van der Waals surface area contributed by atoms with Gasteiger partial charge in [-0.15, -0.1) is 10.2 Å². The highest BCUT2D eigenvalue weighted by Crippen LogP contribution is 2.27. The van der Waals surface area contributed by atoms with Crippen molar-refractivity contribution in [2.45, 2.75) is 26.2 Å². The second-order valence-electron chi connectivity index (χ2n) is 6.86. The molecule has 4 aromatic rings. The smallest absolute Gasteiger partial charge is 0.247 e. The number of anilines is 1.